The van der Waals surface area contributed by atoms with Gasteiger partial charge in [0.05, 0.1) is 11.1 Å². The van der Waals surface area contributed by atoms with E-state index in [0.717, 1.165) is 4.88 Å². The molecule has 1 atom stereocenters. The van der Waals surface area contributed by atoms with Crippen LogP contribution >= 0.6 is 38.9 Å². The van der Waals surface area contributed by atoms with E-state index in [1.165, 1.54) is 17.4 Å². The van der Waals surface area contributed by atoms with Crippen LogP contribution in [0.15, 0.2) is 34.1 Å². The third-order valence-corrected chi connectivity index (χ3v) is 4.37. The maximum absolute atomic E-state index is 13.7. The second-order valence-corrected chi connectivity index (χ2v) is 5.46. The van der Waals surface area contributed by atoms with Crippen molar-refractivity contribution < 1.29 is 4.39 Å². The summed E-state index contributed by atoms with van der Waals surface area (Å²) >= 11 is 10.7. The largest absolute Gasteiger partial charge is 0.319 e. The van der Waals surface area contributed by atoms with E-state index < -0.39 is 6.04 Å². The molecule has 0 saturated heterocycles. The van der Waals surface area contributed by atoms with E-state index in [-0.39, 0.29) is 5.82 Å². The van der Waals surface area contributed by atoms with Gasteiger partial charge in [-0.3, -0.25) is 0 Å². The standard InChI is InChI=1S/C11H8BrClFNS/c12-6-2-1-3-8(14)9(6)10(15)11-7(13)4-5-16-11/h1-5,10H,15H2. The van der Waals surface area contributed by atoms with E-state index in [1.807, 2.05) is 5.38 Å². The fourth-order valence-electron chi connectivity index (χ4n) is 1.47. The van der Waals surface area contributed by atoms with Crippen LogP contribution in [-0.2, 0) is 0 Å². The molecule has 1 nitrogen and oxygen atoms in total. The highest BCUT2D eigenvalue weighted by atomic mass is 79.9. The molecule has 1 aromatic heterocycles. The monoisotopic (exact) mass is 319 g/mol. The molecule has 2 N–H and O–H groups in total. The zero-order valence-corrected chi connectivity index (χ0v) is 11.2. The number of nitrogens with two attached hydrogens (primary N) is 1. The Balaban J connectivity index is 2.49. The Hall–Kier alpha value is -0.420. The van der Waals surface area contributed by atoms with Crippen LogP contribution in [0.3, 0.4) is 0 Å². The normalized spacial score (nSPS) is 12.8. The van der Waals surface area contributed by atoms with Crippen molar-refractivity contribution in [1.29, 1.82) is 0 Å². The first-order valence-electron chi connectivity index (χ1n) is 4.53. The fourth-order valence-corrected chi connectivity index (χ4v) is 3.24. The Morgan fingerprint density at radius 1 is 1.38 bits per heavy atom. The smallest absolute Gasteiger partial charge is 0.129 e. The first-order chi connectivity index (χ1) is 7.61. The zero-order valence-electron chi connectivity index (χ0n) is 8.08. The average molecular weight is 321 g/mol. The van der Waals surface area contributed by atoms with Gasteiger partial charge in [0, 0.05) is 14.9 Å². The van der Waals surface area contributed by atoms with Gasteiger partial charge in [-0.15, -0.1) is 11.3 Å². The fraction of sp³-hybridized carbons (Fsp3) is 0.0909. The highest BCUT2D eigenvalue weighted by molar-refractivity contribution is 9.10. The molecule has 0 aliphatic heterocycles. The molecule has 2 aromatic rings. The van der Waals surface area contributed by atoms with E-state index in [4.69, 9.17) is 17.3 Å². The number of rotatable bonds is 2. The molecule has 2 rings (SSSR count). The van der Waals surface area contributed by atoms with Crippen molar-refractivity contribution in [3.63, 3.8) is 0 Å². The molecule has 5 heteroatoms. The van der Waals surface area contributed by atoms with E-state index in [0.29, 0.717) is 15.1 Å². The van der Waals surface area contributed by atoms with Crippen LogP contribution in [0.25, 0.3) is 0 Å². The van der Waals surface area contributed by atoms with Crippen LogP contribution in [0.4, 0.5) is 4.39 Å². The highest BCUT2D eigenvalue weighted by Gasteiger charge is 2.19. The first-order valence-corrected chi connectivity index (χ1v) is 6.58. The maximum atomic E-state index is 13.7. The van der Waals surface area contributed by atoms with Gasteiger partial charge in [0.2, 0.25) is 0 Å². The summed E-state index contributed by atoms with van der Waals surface area (Å²) in [4.78, 5) is 0.771. The van der Waals surface area contributed by atoms with Crippen LogP contribution in [-0.4, -0.2) is 0 Å². The molecule has 0 spiro atoms. The quantitative estimate of drug-likeness (QED) is 0.874. The Labute approximate surface area is 110 Å². The first kappa shape index (κ1) is 12.0. The summed E-state index contributed by atoms with van der Waals surface area (Å²) in [5, 5.41) is 2.42. The number of hydrogen-bond donors (Lipinski definition) is 1. The Bertz CT molecular complexity index is 494. The van der Waals surface area contributed by atoms with Crippen LogP contribution in [0.2, 0.25) is 5.02 Å². The summed E-state index contributed by atoms with van der Waals surface area (Å²) < 4.78 is 14.3. The molecule has 0 fully saturated rings. The lowest BCUT2D eigenvalue weighted by atomic mass is 10.1. The van der Waals surface area contributed by atoms with Crippen molar-refractivity contribution in [2.75, 3.05) is 0 Å². The predicted molar refractivity (Wildman–Crippen MR) is 69.5 cm³/mol. The summed E-state index contributed by atoms with van der Waals surface area (Å²) in [7, 11) is 0. The minimum atomic E-state index is -0.539. The molecule has 1 unspecified atom stereocenters. The molecule has 16 heavy (non-hydrogen) atoms. The van der Waals surface area contributed by atoms with Gasteiger partial charge in [0.25, 0.3) is 0 Å². The highest BCUT2D eigenvalue weighted by Crippen LogP contribution is 2.35. The molecule has 0 aliphatic carbocycles. The molecule has 0 bridgehead atoms. The minimum absolute atomic E-state index is 0.327. The topological polar surface area (TPSA) is 26.0 Å². The van der Waals surface area contributed by atoms with Gasteiger partial charge >= 0.3 is 0 Å². The molecule has 0 aliphatic rings. The van der Waals surface area contributed by atoms with Gasteiger partial charge in [-0.1, -0.05) is 33.6 Å². The molecule has 1 aromatic carbocycles. The Kier molecular flexibility index (Phi) is 3.64. The van der Waals surface area contributed by atoms with Gasteiger partial charge in [-0.25, -0.2) is 4.39 Å². The van der Waals surface area contributed by atoms with Gasteiger partial charge in [-0.05, 0) is 23.6 Å². The van der Waals surface area contributed by atoms with Gasteiger partial charge < -0.3 is 5.73 Å². The van der Waals surface area contributed by atoms with Crippen molar-refractivity contribution in [3.8, 4) is 0 Å². The number of halogens is 3. The van der Waals surface area contributed by atoms with E-state index >= 15 is 0 Å². The van der Waals surface area contributed by atoms with Crippen molar-refractivity contribution in [2.45, 2.75) is 6.04 Å². The molecule has 0 radical (unpaired) electrons. The van der Waals surface area contributed by atoms with E-state index in [2.05, 4.69) is 15.9 Å². The molecule has 0 amide bonds. The van der Waals surface area contributed by atoms with Crippen LogP contribution < -0.4 is 5.73 Å². The maximum Gasteiger partial charge on any atom is 0.129 e. The Morgan fingerprint density at radius 3 is 2.69 bits per heavy atom. The number of thiophene rings is 1. The van der Waals surface area contributed by atoms with E-state index in [1.54, 1.807) is 18.2 Å². The molecule has 0 saturated carbocycles. The van der Waals surface area contributed by atoms with Gasteiger partial charge in [0.1, 0.15) is 5.82 Å². The lowest BCUT2D eigenvalue weighted by Crippen LogP contribution is -2.13. The van der Waals surface area contributed by atoms with Crippen molar-refractivity contribution in [3.05, 3.63) is 55.4 Å². The van der Waals surface area contributed by atoms with Gasteiger partial charge in [-0.2, -0.15) is 0 Å². The molecule has 84 valence electrons. The number of hydrogen-bond acceptors (Lipinski definition) is 2. The second kappa shape index (κ2) is 4.84. The van der Waals surface area contributed by atoms with Crippen molar-refractivity contribution in [1.82, 2.24) is 0 Å². The van der Waals surface area contributed by atoms with Crippen LogP contribution in [0.1, 0.15) is 16.5 Å². The van der Waals surface area contributed by atoms with Crippen LogP contribution in [0.5, 0.6) is 0 Å². The summed E-state index contributed by atoms with van der Waals surface area (Å²) in [6.07, 6.45) is 0. The summed E-state index contributed by atoms with van der Waals surface area (Å²) in [6, 6.07) is 6.01. The summed E-state index contributed by atoms with van der Waals surface area (Å²) in [6.45, 7) is 0. The summed E-state index contributed by atoms with van der Waals surface area (Å²) in [5.41, 5.74) is 6.46. The van der Waals surface area contributed by atoms with Crippen LogP contribution in [0, 0.1) is 5.82 Å². The third kappa shape index (κ3) is 2.15. The Morgan fingerprint density at radius 2 is 2.12 bits per heavy atom. The molecule has 1 heterocycles. The third-order valence-electron chi connectivity index (χ3n) is 2.24. The SMILES string of the molecule is NC(c1sccc1Cl)c1c(F)cccc1Br. The lowest BCUT2D eigenvalue weighted by molar-refractivity contribution is 0.599. The molecular weight excluding hydrogens is 313 g/mol. The van der Waals surface area contributed by atoms with Crippen molar-refractivity contribution >= 4 is 38.9 Å². The lowest BCUT2D eigenvalue weighted by Gasteiger charge is -2.13. The molecular formula is C11H8BrClFNS. The second-order valence-electron chi connectivity index (χ2n) is 3.25. The predicted octanol–water partition coefficient (Wildman–Crippen LogP) is 4.35. The average Bonchev–Trinajstić information content (AvgIpc) is 2.64. The zero-order chi connectivity index (χ0) is 11.7. The van der Waals surface area contributed by atoms with Crippen molar-refractivity contribution in [2.24, 2.45) is 5.73 Å². The van der Waals surface area contributed by atoms with E-state index in [9.17, 15) is 4.39 Å². The summed E-state index contributed by atoms with van der Waals surface area (Å²) in [5.74, 6) is -0.327. The minimum Gasteiger partial charge on any atom is -0.319 e. The van der Waals surface area contributed by atoms with Gasteiger partial charge in [0.15, 0.2) is 0 Å². The number of benzene rings is 1.